The zero-order valence-corrected chi connectivity index (χ0v) is 41.0. The van der Waals surface area contributed by atoms with E-state index in [9.17, 15) is 0 Å². The summed E-state index contributed by atoms with van der Waals surface area (Å²) >= 11 is 1.81. The molecular weight excluding hydrogens is 874 g/mol. The molecule has 0 spiro atoms. The van der Waals surface area contributed by atoms with Gasteiger partial charge in [-0.05, 0) is 117 Å². The van der Waals surface area contributed by atoms with Crippen LogP contribution >= 0.6 is 11.8 Å². The Morgan fingerprint density at radius 1 is 0.329 bits per heavy atom. The Morgan fingerprint density at radius 3 is 1.14 bits per heavy atom. The van der Waals surface area contributed by atoms with Crippen LogP contribution in [-0.2, 0) is 10.8 Å². The average molecular weight is 925 g/mol. The zero-order chi connectivity index (χ0) is 47.5. The summed E-state index contributed by atoms with van der Waals surface area (Å²) in [6.07, 6.45) is 0. The van der Waals surface area contributed by atoms with Crippen LogP contribution in [0, 0.1) is 0 Å². The molecule has 4 heterocycles. The third-order valence-electron chi connectivity index (χ3n) is 14.4. The van der Waals surface area contributed by atoms with Crippen molar-refractivity contribution in [1.82, 2.24) is 0 Å². The molecule has 0 fully saturated rings. The highest BCUT2D eigenvalue weighted by molar-refractivity contribution is 8.00. The molecule has 0 radical (unpaired) electrons. The first kappa shape index (κ1) is 42.6. The molecule has 0 saturated heterocycles. The van der Waals surface area contributed by atoms with Gasteiger partial charge in [0.25, 0.3) is 13.4 Å². The van der Waals surface area contributed by atoms with Crippen LogP contribution in [-0.4, -0.2) is 13.4 Å². The molecule has 0 aromatic heterocycles. The molecule has 0 atom stereocenters. The van der Waals surface area contributed by atoms with E-state index in [2.05, 4.69) is 245 Å². The molecule has 0 amide bonds. The number of hydrogen-bond donors (Lipinski definition) is 0. The summed E-state index contributed by atoms with van der Waals surface area (Å²) in [5, 5.41) is 0. The van der Waals surface area contributed by atoms with Gasteiger partial charge in [-0.25, -0.2) is 0 Å². The first-order chi connectivity index (χ1) is 33.9. The summed E-state index contributed by atoms with van der Waals surface area (Å²) < 4.78 is 21.6. The fraction of sp³-hybridized carbons (Fsp3) is 0.129. The second-order valence-electron chi connectivity index (χ2n) is 20.9. The molecule has 5 nitrogen and oxygen atoms in total. The van der Waals surface area contributed by atoms with Crippen molar-refractivity contribution in [2.75, 3.05) is 9.80 Å². The molecule has 4 aliphatic rings. The maximum absolute atomic E-state index is 7.29. The number of benzene rings is 9. The first-order valence-electron chi connectivity index (χ1n) is 24.3. The van der Waals surface area contributed by atoms with Crippen molar-refractivity contribution in [2.24, 2.45) is 0 Å². The van der Waals surface area contributed by atoms with Crippen molar-refractivity contribution in [3.8, 4) is 34.5 Å². The molecule has 70 heavy (non-hydrogen) atoms. The molecule has 0 aliphatic carbocycles. The van der Waals surface area contributed by atoms with Crippen LogP contribution in [0.5, 0.6) is 34.5 Å². The fourth-order valence-electron chi connectivity index (χ4n) is 10.9. The zero-order valence-electron chi connectivity index (χ0n) is 40.2. The van der Waals surface area contributed by atoms with Crippen LogP contribution in [0.4, 0.5) is 34.1 Å². The molecule has 338 valence electrons. The summed E-state index contributed by atoms with van der Waals surface area (Å²) in [6.45, 7) is 13.4. The standard InChI is InChI=1S/C62H50B2N2O3S/c1-61(2,3)39-27-29-47-51(31-39)67-54-33-45(65(41-19-11-7-12-20-41)42-21-13-8-14-22-42)34-55-59(54)63(47)49-37-50-57(38-53(49)69-55)70-58-36-46(66(43-23-15-9-16-24-43)44-25-17-10-18-26-44)35-56-60(58)64(50)48-30-28-40(62(4,5)6)32-52(48)68-56/h7-38H,1-6H3. The number of anilines is 6. The van der Waals surface area contributed by atoms with E-state index < -0.39 is 0 Å². The highest BCUT2D eigenvalue weighted by atomic mass is 32.2. The van der Waals surface area contributed by atoms with Crippen LogP contribution in [0.2, 0.25) is 0 Å². The van der Waals surface area contributed by atoms with Gasteiger partial charge in [-0.3, -0.25) is 0 Å². The molecule has 0 N–H and O–H groups in total. The van der Waals surface area contributed by atoms with Crippen LogP contribution in [0.1, 0.15) is 52.7 Å². The lowest BCUT2D eigenvalue weighted by atomic mass is 9.32. The average Bonchev–Trinajstić information content (AvgIpc) is 3.36. The Morgan fingerprint density at radius 2 is 0.714 bits per heavy atom. The van der Waals surface area contributed by atoms with Gasteiger partial charge in [0.2, 0.25) is 0 Å². The lowest BCUT2D eigenvalue weighted by Gasteiger charge is -2.38. The number of hydrogen-bond acceptors (Lipinski definition) is 6. The molecule has 9 aromatic carbocycles. The number of rotatable bonds is 6. The van der Waals surface area contributed by atoms with Crippen molar-refractivity contribution >= 4 is 92.1 Å². The lowest BCUT2D eigenvalue weighted by molar-refractivity contribution is 0.462. The molecule has 9 aromatic rings. The minimum atomic E-state index is -0.131. The second-order valence-corrected chi connectivity index (χ2v) is 22.0. The number of para-hydroxylation sites is 4. The van der Waals surface area contributed by atoms with Crippen LogP contribution in [0.15, 0.2) is 204 Å². The van der Waals surface area contributed by atoms with Crippen molar-refractivity contribution in [2.45, 2.75) is 62.2 Å². The summed E-state index contributed by atoms with van der Waals surface area (Å²) in [4.78, 5) is 6.95. The van der Waals surface area contributed by atoms with Gasteiger partial charge in [0.1, 0.15) is 34.5 Å². The predicted molar refractivity (Wildman–Crippen MR) is 293 cm³/mol. The topological polar surface area (TPSA) is 34.2 Å². The molecule has 0 unspecified atom stereocenters. The quantitative estimate of drug-likeness (QED) is 0.155. The van der Waals surface area contributed by atoms with E-state index in [0.717, 1.165) is 85.0 Å². The van der Waals surface area contributed by atoms with E-state index in [1.807, 2.05) is 11.8 Å². The Balaban J connectivity index is 1.02. The Bertz CT molecular complexity index is 3230. The number of nitrogens with zero attached hydrogens (tertiary/aromatic N) is 2. The van der Waals surface area contributed by atoms with Gasteiger partial charge < -0.3 is 24.0 Å². The van der Waals surface area contributed by atoms with Crippen molar-refractivity contribution in [3.63, 3.8) is 0 Å². The van der Waals surface area contributed by atoms with Crippen LogP contribution in [0.3, 0.4) is 0 Å². The largest absolute Gasteiger partial charge is 0.458 e. The molecule has 8 heteroatoms. The minimum Gasteiger partial charge on any atom is -0.458 e. The van der Waals surface area contributed by atoms with Crippen molar-refractivity contribution in [1.29, 1.82) is 0 Å². The number of ether oxygens (including phenoxy) is 3. The minimum absolute atomic E-state index is 0.0622. The van der Waals surface area contributed by atoms with Crippen LogP contribution < -0.4 is 56.8 Å². The molecular formula is C62H50B2N2O3S. The molecule has 4 aliphatic heterocycles. The smallest absolute Gasteiger partial charge is 0.260 e. The lowest BCUT2D eigenvalue weighted by Crippen LogP contribution is -2.61. The van der Waals surface area contributed by atoms with E-state index >= 15 is 0 Å². The van der Waals surface area contributed by atoms with Gasteiger partial charge in [0.05, 0.1) is 11.4 Å². The monoisotopic (exact) mass is 924 g/mol. The van der Waals surface area contributed by atoms with Gasteiger partial charge in [-0.15, -0.1) is 0 Å². The van der Waals surface area contributed by atoms with E-state index in [-0.39, 0.29) is 24.3 Å². The fourth-order valence-corrected chi connectivity index (χ4v) is 12.1. The van der Waals surface area contributed by atoms with Crippen LogP contribution in [0.25, 0.3) is 0 Å². The Labute approximate surface area is 415 Å². The van der Waals surface area contributed by atoms with Gasteiger partial charge in [0, 0.05) is 56.2 Å². The van der Waals surface area contributed by atoms with Crippen molar-refractivity contribution in [3.05, 3.63) is 205 Å². The summed E-state index contributed by atoms with van der Waals surface area (Å²) in [7, 11) is 0. The molecule has 13 rings (SSSR count). The van der Waals surface area contributed by atoms with Crippen molar-refractivity contribution < 1.29 is 14.2 Å². The van der Waals surface area contributed by atoms with Gasteiger partial charge >= 0.3 is 0 Å². The third-order valence-corrected chi connectivity index (χ3v) is 15.5. The highest BCUT2D eigenvalue weighted by Crippen LogP contribution is 2.47. The predicted octanol–water partition coefficient (Wildman–Crippen LogP) is 13.0. The highest BCUT2D eigenvalue weighted by Gasteiger charge is 2.45. The summed E-state index contributed by atoms with van der Waals surface area (Å²) in [5.41, 5.74) is 15.5. The van der Waals surface area contributed by atoms with E-state index in [4.69, 9.17) is 14.2 Å². The van der Waals surface area contributed by atoms with Gasteiger partial charge in [-0.1, -0.05) is 162 Å². The van der Waals surface area contributed by atoms with E-state index in [1.165, 1.54) is 37.3 Å². The normalized spacial score (nSPS) is 13.5. The van der Waals surface area contributed by atoms with E-state index in [0.29, 0.717) is 0 Å². The van der Waals surface area contributed by atoms with E-state index in [1.54, 1.807) is 0 Å². The van der Waals surface area contributed by atoms with Gasteiger partial charge in [0.15, 0.2) is 0 Å². The third kappa shape index (κ3) is 7.02. The maximum atomic E-state index is 7.29. The van der Waals surface area contributed by atoms with Gasteiger partial charge in [-0.2, -0.15) is 0 Å². The first-order valence-corrected chi connectivity index (χ1v) is 25.1. The Hall–Kier alpha value is -7.54. The molecule has 0 bridgehead atoms. The maximum Gasteiger partial charge on any atom is 0.260 e. The SMILES string of the molecule is CC(C)(C)c1ccc2c(c1)Oc1cc(N(c3ccccc3)c3ccccc3)cc3c1B2c1cc2c(cc1O3)Sc1cc(N(c3ccccc3)c3ccccc3)cc3c1B2c1ccc(C(C)(C)C)cc1O3. The summed E-state index contributed by atoms with van der Waals surface area (Å²) in [5.74, 6) is 5.12. The second kappa shape index (κ2) is 16.0. The summed E-state index contributed by atoms with van der Waals surface area (Å²) in [6, 6.07) is 69.8. The molecule has 0 saturated carbocycles. The number of fused-ring (bicyclic) bond motifs is 8. The Kier molecular flexibility index (Phi) is 9.73.